The lowest BCUT2D eigenvalue weighted by Crippen LogP contribution is -2.37. The number of likely N-dealkylation sites (N-methyl/N-ethyl adjacent to an activating group) is 1. The van der Waals surface area contributed by atoms with Gasteiger partial charge < -0.3 is 14.7 Å². The van der Waals surface area contributed by atoms with Crippen LogP contribution < -0.4 is 5.32 Å². The molecule has 5 heteroatoms. The van der Waals surface area contributed by atoms with Crippen molar-refractivity contribution in [3.63, 3.8) is 0 Å². The third-order valence-electron chi connectivity index (χ3n) is 4.01. The molecule has 120 valence electrons. The van der Waals surface area contributed by atoms with Crippen molar-refractivity contribution in [2.45, 2.75) is 46.3 Å². The molecule has 1 atom stereocenters. The molecule has 0 bridgehead atoms. The van der Waals surface area contributed by atoms with Gasteiger partial charge in [-0.15, -0.1) is 0 Å². The summed E-state index contributed by atoms with van der Waals surface area (Å²) < 4.78 is 5.50. The first-order valence-corrected chi connectivity index (χ1v) is 8.12. The Bertz CT molecular complexity index is 418. The van der Waals surface area contributed by atoms with E-state index in [1.54, 1.807) is 0 Å². The molecule has 1 fully saturated rings. The Morgan fingerprint density at radius 1 is 1.43 bits per heavy atom. The van der Waals surface area contributed by atoms with Crippen LogP contribution in [0.2, 0.25) is 0 Å². The second kappa shape index (κ2) is 7.92. The molecule has 5 nitrogen and oxygen atoms in total. The third kappa shape index (κ3) is 5.41. The summed E-state index contributed by atoms with van der Waals surface area (Å²) in [5, 5.41) is 7.57. The van der Waals surface area contributed by atoms with E-state index < -0.39 is 0 Å². The second-order valence-corrected chi connectivity index (χ2v) is 6.74. The maximum atomic E-state index is 5.50. The quantitative estimate of drug-likeness (QED) is 0.869. The normalized spacial score (nSPS) is 21.9. The van der Waals surface area contributed by atoms with E-state index in [-0.39, 0.29) is 0 Å². The van der Waals surface area contributed by atoms with Gasteiger partial charge in [-0.1, -0.05) is 19.0 Å². The first kappa shape index (κ1) is 16.5. The number of nitrogens with zero attached hydrogens (tertiary/aromatic N) is 3. The monoisotopic (exact) mass is 294 g/mol. The minimum atomic E-state index is 0.560. The van der Waals surface area contributed by atoms with Crippen molar-refractivity contribution < 1.29 is 4.52 Å². The summed E-state index contributed by atoms with van der Waals surface area (Å²) in [7, 11) is 2.20. The van der Waals surface area contributed by atoms with Crippen molar-refractivity contribution in [2.75, 3.05) is 33.2 Å². The van der Waals surface area contributed by atoms with Gasteiger partial charge in [0.25, 0.3) is 0 Å². The highest BCUT2D eigenvalue weighted by Crippen LogP contribution is 2.14. The predicted molar refractivity (Wildman–Crippen MR) is 85.0 cm³/mol. The fraction of sp³-hybridized carbons (Fsp3) is 0.812. The lowest BCUT2D eigenvalue weighted by Gasteiger charge is -2.26. The average molecular weight is 294 g/mol. The van der Waals surface area contributed by atoms with E-state index >= 15 is 0 Å². The van der Waals surface area contributed by atoms with Crippen LogP contribution in [0.15, 0.2) is 10.6 Å². The highest BCUT2D eigenvalue weighted by Gasteiger charge is 2.21. The van der Waals surface area contributed by atoms with Gasteiger partial charge in [-0.3, -0.25) is 4.90 Å². The fourth-order valence-electron chi connectivity index (χ4n) is 2.86. The summed E-state index contributed by atoms with van der Waals surface area (Å²) in [4.78, 5) is 4.90. The smallest absolute Gasteiger partial charge is 0.151 e. The highest BCUT2D eigenvalue weighted by molar-refractivity contribution is 5.05. The lowest BCUT2D eigenvalue weighted by atomic mass is 10.2. The van der Waals surface area contributed by atoms with Crippen LogP contribution in [0.25, 0.3) is 0 Å². The first-order valence-electron chi connectivity index (χ1n) is 8.12. The first-order chi connectivity index (χ1) is 10.0. The summed E-state index contributed by atoms with van der Waals surface area (Å²) >= 11 is 0. The molecule has 2 rings (SSSR count). The fourth-order valence-corrected chi connectivity index (χ4v) is 2.86. The van der Waals surface area contributed by atoms with E-state index in [1.165, 1.54) is 13.0 Å². The molecule has 1 aromatic rings. The molecule has 0 aliphatic carbocycles. The van der Waals surface area contributed by atoms with E-state index in [4.69, 9.17) is 4.52 Å². The van der Waals surface area contributed by atoms with Crippen LogP contribution in [0.1, 0.15) is 38.6 Å². The summed E-state index contributed by atoms with van der Waals surface area (Å²) in [5.41, 5.74) is 1.00. The van der Waals surface area contributed by atoms with Crippen LogP contribution in [0, 0.1) is 5.92 Å². The van der Waals surface area contributed by atoms with Crippen molar-refractivity contribution >= 4 is 0 Å². The van der Waals surface area contributed by atoms with E-state index in [9.17, 15) is 0 Å². The molecule has 1 aliphatic heterocycles. The molecule has 2 heterocycles. The van der Waals surface area contributed by atoms with Gasteiger partial charge in [-0.05, 0) is 39.4 Å². The highest BCUT2D eigenvalue weighted by atomic mass is 16.5. The molecule has 0 spiro atoms. The van der Waals surface area contributed by atoms with Crippen LogP contribution in [-0.2, 0) is 13.1 Å². The van der Waals surface area contributed by atoms with Gasteiger partial charge in [0.1, 0.15) is 0 Å². The summed E-state index contributed by atoms with van der Waals surface area (Å²) in [6.45, 7) is 12.8. The Hall–Kier alpha value is -0.910. The molecule has 1 N–H and O–H groups in total. The Morgan fingerprint density at radius 2 is 2.24 bits per heavy atom. The number of rotatable bonds is 6. The van der Waals surface area contributed by atoms with Crippen LogP contribution in [0.3, 0.4) is 0 Å². The zero-order valence-corrected chi connectivity index (χ0v) is 13.9. The molecule has 1 aromatic heterocycles. The van der Waals surface area contributed by atoms with Crippen LogP contribution in [-0.4, -0.2) is 54.2 Å². The molecule has 1 aliphatic rings. The van der Waals surface area contributed by atoms with E-state index in [0.717, 1.165) is 44.2 Å². The van der Waals surface area contributed by atoms with Crippen LogP contribution >= 0.6 is 0 Å². The molecule has 1 unspecified atom stereocenters. The van der Waals surface area contributed by atoms with Crippen molar-refractivity contribution in [1.82, 2.24) is 20.3 Å². The summed E-state index contributed by atoms with van der Waals surface area (Å²) in [5.74, 6) is 1.64. The van der Waals surface area contributed by atoms with Gasteiger partial charge in [0.05, 0.1) is 12.2 Å². The molecule has 1 saturated heterocycles. The number of aromatic nitrogens is 1. The van der Waals surface area contributed by atoms with Gasteiger partial charge in [0.2, 0.25) is 0 Å². The standard InChI is InChI=1S/C16H30N4O/c1-13(2)9-17-10-15-8-16(21-18-15)12-20-7-5-6-19(4)11-14(20)3/h8,13-14,17H,5-7,9-12H2,1-4H3. The topological polar surface area (TPSA) is 44.5 Å². The van der Waals surface area contributed by atoms with E-state index in [2.05, 4.69) is 54.2 Å². The Balaban J connectivity index is 1.83. The number of nitrogens with one attached hydrogen (secondary N) is 1. The summed E-state index contributed by atoms with van der Waals surface area (Å²) in [6, 6.07) is 2.65. The van der Waals surface area contributed by atoms with Crippen molar-refractivity contribution in [3.8, 4) is 0 Å². The third-order valence-corrected chi connectivity index (χ3v) is 4.01. The SMILES string of the molecule is CC(C)CNCc1cc(CN2CCCN(C)CC2C)on1. The zero-order valence-electron chi connectivity index (χ0n) is 13.9. The zero-order chi connectivity index (χ0) is 15.2. The Morgan fingerprint density at radius 3 is 3.00 bits per heavy atom. The molecular weight excluding hydrogens is 264 g/mol. The largest absolute Gasteiger partial charge is 0.360 e. The molecule has 21 heavy (non-hydrogen) atoms. The maximum absolute atomic E-state index is 5.50. The molecule has 0 amide bonds. The van der Waals surface area contributed by atoms with Crippen LogP contribution in [0.5, 0.6) is 0 Å². The van der Waals surface area contributed by atoms with E-state index in [0.29, 0.717) is 12.0 Å². The van der Waals surface area contributed by atoms with Crippen molar-refractivity contribution in [2.24, 2.45) is 5.92 Å². The van der Waals surface area contributed by atoms with Gasteiger partial charge in [0, 0.05) is 31.7 Å². The Labute approximate surface area is 128 Å². The minimum Gasteiger partial charge on any atom is -0.360 e. The molecule has 0 aromatic carbocycles. The van der Waals surface area contributed by atoms with Gasteiger partial charge >= 0.3 is 0 Å². The average Bonchev–Trinajstić information content (AvgIpc) is 2.77. The maximum Gasteiger partial charge on any atom is 0.151 e. The van der Waals surface area contributed by atoms with Gasteiger partial charge in [-0.2, -0.15) is 0 Å². The predicted octanol–water partition coefficient (Wildman–Crippen LogP) is 1.95. The van der Waals surface area contributed by atoms with Crippen molar-refractivity contribution in [1.29, 1.82) is 0 Å². The molecule has 0 radical (unpaired) electrons. The van der Waals surface area contributed by atoms with Gasteiger partial charge in [0.15, 0.2) is 5.76 Å². The van der Waals surface area contributed by atoms with Gasteiger partial charge in [-0.25, -0.2) is 0 Å². The van der Waals surface area contributed by atoms with E-state index in [1.807, 2.05) is 0 Å². The lowest BCUT2D eigenvalue weighted by molar-refractivity contribution is 0.175. The summed E-state index contributed by atoms with van der Waals surface area (Å²) in [6.07, 6.45) is 1.22. The molecule has 0 saturated carbocycles. The van der Waals surface area contributed by atoms with Crippen LogP contribution in [0.4, 0.5) is 0 Å². The minimum absolute atomic E-state index is 0.560. The number of hydrogen-bond acceptors (Lipinski definition) is 5. The second-order valence-electron chi connectivity index (χ2n) is 6.74. The molecular formula is C16H30N4O. The Kier molecular flexibility index (Phi) is 6.21. The van der Waals surface area contributed by atoms with Crippen molar-refractivity contribution in [3.05, 3.63) is 17.5 Å². The number of hydrogen-bond donors (Lipinski definition) is 1.